The van der Waals surface area contributed by atoms with E-state index >= 15 is 0 Å². The van der Waals surface area contributed by atoms with Gasteiger partial charge in [0.25, 0.3) is 0 Å². The molecule has 0 aliphatic heterocycles. The summed E-state index contributed by atoms with van der Waals surface area (Å²) in [6.07, 6.45) is 12.8. The van der Waals surface area contributed by atoms with Gasteiger partial charge in [0.2, 0.25) is 0 Å². The molecule has 0 bridgehead atoms. The molecule has 0 unspecified atom stereocenters. The zero-order chi connectivity index (χ0) is 39.7. The van der Waals surface area contributed by atoms with Crippen LogP contribution in [-0.2, 0) is 10.8 Å². The Morgan fingerprint density at radius 2 is 0.667 bits per heavy atom. The summed E-state index contributed by atoms with van der Waals surface area (Å²) < 4.78 is 0. The molecule has 1 heterocycles. The summed E-state index contributed by atoms with van der Waals surface area (Å²) in [6, 6.07) is 62.8. The van der Waals surface area contributed by atoms with E-state index in [1.165, 1.54) is 103 Å². The van der Waals surface area contributed by atoms with Crippen LogP contribution in [0.5, 0.6) is 0 Å². The number of hydrogen-bond acceptors (Lipinski definition) is 2. The lowest BCUT2D eigenvalue weighted by Crippen LogP contribution is -2.29. The zero-order valence-electron chi connectivity index (χ0n) is 34.1. The number of fused-ring (bicyclic) bond motifs is 10. The van der Waals surface area contributed by atoms with E-state index in [4.69, 9.17) is 9.97 Å². The Hall–Kier alpha value is -6.38. The van der Waals surface area contributed by atoms with Gasteiger partial charge >= 0.3 is 0 Å². The molecule has 8 aromatic rings. The topological polar surface area (TPSA) is 25.8 Å². The van der Waals surface area contributed by atoms with Crippen LogP contribution in [0.3, 0.4) is 0 Å². The fraction of sp³-hybridized carbons (Fsp3) is 0.207. The van der Waals surface area contributed by atoms with Crippen molar-refractivity contribution in [1.29, 1.82) is 0 Å². The summed E-state index contributed by atoms with van der Waals surface area (Å²) >= 11 is 0. The fourth-order valence-electron chi connectivity index (χ4n) is 11.9. The van der Waals surface area contributed by atoms with Gasteiger partial charge < -0.3 is 0 Å². The van der Waals surface area contributed by atoms with Crippen molar-refractivity contribution >= 4 is 0 Å². The lowest BCUT2D eigenvalue weighted by Gasteiger charge is -2.37. The van der Waals surface area contributed by atoms with Gasteiger partial charge in [-0.15, -0.1) is 0 Å². The summed E-state index contributed by atoms with van der Waals surface area (Å²) in [5.74, 6) is 0. The van der Waals surface area contributed by atoms with Crippen molar-refractivity contribution in [2.45, 2.75) is 75.0 Å². The van der Waals surface area contributed by atoms with Crippen LogP contribution in [0, 0.1) is 0 Å². The summed E-state index contributed by atoms with van der Waals surface area (Å²) in [7, 11) is 0. The highest BCUT2D eigenvalue weighted by molar-refractivity contribution is 5.92. The van der Waals surface area contributed by atoms with Gasteiger partial charge in [-0.05, 0) is 106 Å². The van der Waals surface area contributed by atoms with Crippen molar-refractivity contribution in [2.75, 3.05) is 0 Å². The van der Waals surface area contributed by atoms with E-state index in [1.807, 2.05) is 0 Å². The van der Waals surface area contributed by atoms with Gasteiger partial charge in [0.05, 0.1) is 22.8 Å². The number of benzene rings is 7. The average molecular weight is 773 g/mol. The molecule has 2 nitrogen and oxygen atoms in total. The van der Waals surface area contributed by atoms with Gasteiger partial charge in [-0.25, -0.2) is 9.97 Å². The minimum absolute atomic E-state index is 0.0483. The van der Waals surface area contributed by atoms with Gasteiger partial charge in [-0.1, -0.05) is 184 Å². The minimum atomic E-state index is 0.0483. The molecule has 4 aliphatic rings. The van der Waals surface area contributed by atoms with Crippen molar-refractivity contribution in [3.05, 3.63) is 192 Å². The van der Waals surface area contributed by atoms with E-state index in [1.54, 1.807) is 16.7 Å². The van der Waals surface area contributed by atoms with Crippen LogP contribution in [0.2, 0.25) is 0 Å². The SMILES string of the molecule is c1ccc(-c2nc(-c3ccccc3)c(-c3cccc(-c4ccc5c(c4)C4(CCCCC4)c4cc6c(cc4-5)C4(CCCCC4)c4ccccc4-6)c3)nc2-c2ccccc2)cc1. The van der Waals surface area contributed by atoms with Crippen molar-refractivity contribution in [3.8, 4) is 78.4 Å². The molecule has 2 saturated carbocycles. The Kier molecular flexibility index (Phi) is 8.37. The predicted molar refractivity (Wildman–Crippen MR) is 248 cm³/mol. The van der Waals surface area contributed by atoms with Gasteiger partial charge in [0, 0.05) is 33.1 Å². The molecule has 12 rings (SSSR count). The summed E-state index contributed by atoms with van der Waals surface area (Å²) in [4.78, 5) is 11.1. The largest absolute Gasteiger partial charge is 0.243 e. The average Bonchev–Trinajstić information content (AvgIpc) is 3.73. The summed E-state index contributed by atoms with van der Waals surface area (Å²) in [5, 5.41) is 0. The van der Waals surface area contributed by atoms with Crippen LogP contribution < -0.4 is 0 Å². The van der Waals surface area contributed by atoms with E-state index in [0.29, 0.717) is 0 Å². The lowest BCUT2D eigenvalue weighted by molar-refractivity contribution is 0.350. The van der Waals surface area contributed by atoms with Crippen LogP contribution >= 0.6 is 0 Å². The second-order valence-electron chi connectivity index (χ2n) is 17.8. The molecule has 0 amide bonds. The Bertz CT molecular complexity index is 2920. The smallest absolute Gasteiger partial charge is 0.0973 e. The molecule has 7 aromatic carbocycles. The Morgan fingerprint density at radius 3 is 1.22 bits per heavy atom. The maximum atomic E-state index is 5.57. The van der Waals surface area contributed by atoms with Crippen molar-refractivity contribution in [1.82, 2.24) is 9.97 Å². The maximum absolute atomic E-state index is 5.57. The normalized spacial score (nSPS) is 16.6. The second kappa shape index (κ2) is 14.1. The van der Waals surface area contributed by atoms with Crippen LogP contribution in [0.4, 0.5) is 0 Å². The van der Waals surface area contributed by atoms with Gasteiger partial charge in [0.1, 0.15) is 0 Å². The Labute approximate surface area is 354 Å². The molecular weight excluding hydrogens is 725 g/mol. The predicted octanol–water partition coefficient (Wildman–Crippen LogP) is 15.3. The first-order chi connectivity index (χ1) is 29.7. The highest BCUT2D eigenvalue weighted by atomic mass is 14.9. The highest BCUT2D eigenvalue weighted by Crippen LogP contribution is 2.62. The molecule has 60 heavy (non-hydrogen) atoms. The van der Waals surface area contributed by atoms with Gasteiger partial charge in [-0.3, -0.25) is 0 Å². The molecule has 0 radical (unpaired) electrons. The third kappa shape index (κ3) is 5.46. The molecule has 1 aromatic heterocycles. The molecule has 0 saturated heterocycles. The van der Waals surface area contributed by atoms with E-state index in [-0.39, 0.29) is 10.8 Å². The van der Waals surface area contributed by atoms with Crippen molar-refractivity contribution in [3.63, 3.8) is 0 Å². The molecule has 2 heteroatoms. The minimum Gasteiger partial charge on any atom is -0.243 e. The van der Waals surface area contributed by atoms with Crippen molar-refractivity contribution in [2.24, 2.45) is 0 Å². The number of hydrogen-bond donors (Lipinski definition) is 0. The molecule has 0 N–H and O–H groups in total. The van der Waals surface area contributed by atoms with Crippen LogP contribution in [-0.4, -0.2) is 9.97 Å². The quantitative estimate of drug-likeness (QED) is 0.174. The van der Waals surface area contributed by atoms with E-state index in [0.717, 1.165) is 45.0 Å². The number of aromatic nitrogens is 2. The second-order valence-corrected chi connectivity index (χ2v) is 17.8. The first-order valence-corrected chi connectivity index (χ1v) is 22.3. The van der Waals surface area contributed by atoms with Crippen LogP contribution in [0.1, 0.15) is 86.5 Å². The van der Waals surface area contributed by atoms with Gasteiger partial charge in [0.15, 0.2) is 0 Å². The molecule has 4 aliphatic carbocycles. The summed E-state index contributed by atoms with van der Waals surface area (Å²) in [6.45, 7) is 0. The third-order valence-electron chi connectivity index (χ3n) is 14.7. The molecular formula is C58H48N2. The first kappa shape index (κ1) is 35.6. The van der Waals surface area contributed by atoms with E-state index < -0.39 is 0 Å². The maximum Gasteiger partial charge on any atom is 0.0973 e. The number of nitrogens with zero attached hydrogens (tertiary/aromatic N) is 2. The van der Waals surface area contributed by atoms with E-state index in [2.05, 4.69) is 170 Å². The molecule has 0 atom stereocenters. The third-order valence-corrected chi connectivity index (χ3v) is 14.7. The van der Waals surface area contributed by atoms with Crippen molar-refractivity contribution < 1.29 is 0 Å². The lowest BCUT2D eigenvalue weighted by atomic mass is 9.66. The fourth-order valence-corrected chi connectivity index (χ4v) is 11.9. The van der Waals surface area contributed by atoms with Crippen LogP contribution in [0.15, 0.2) is 170 Å². The van der Waals surface area contributed by atoms with Gasteiger partial charge in [-0.2, -0.15) is 0 Å². The Morgan fingerprint density at radius 1 is 0.267 bits per heavy atom. The molecule has 2 spiro atoms. The standard InChI is InChI=1S/C58H48N2/c1-6-19-39(20-7-1)53-54(40-21-8-2-9-22-40)60-56(55(59-53)41-23-10-3-11-24-41)44-26-18-25-42(35-44)43-29-30-46-48-38-51-47(37-52(48)58(50(46)36-43)33-16-5-17-34-58)45-27-12-13-28-49(45)57(51)31-14-4-15-32-57/h1-3,6-13,18-30,35-38H,4-5,14-17,31-34H2. The molecule has 290 valence electrons. The first-order valence-electron chi connectivity index (χ1n) is 22.3. The van der Waals surface area contributed by atoms with Crippen LogP contribution in [0.25, 0.3) is 78.4 Å². The Balaban J connectivity index is 1.01. The monoisotopic (exact) mass is 772 g/mol. The summed E-state index contributed by atoms with van der Waals surface area (Å²) in [5.41, 5.74) is 22.8. The van der Waals surface area contributed by atoms with E-state index in [9.17, 15) is 0 Å². The zero-order valence-corrected chi connectivity index (χ0v) is 34.1. The molecule has 2 fully saturated rings. The highest BCUT2D eigenvalue weighted by Gasteiger charge is 2.49. The number of rotatable bonds is 5.